The molecule has 21 heavy (non-hydrogen) atoms. The van der Waals surface area contributed by atoms with Crippen molar-refractivity contribution in [3.05, 3.63) is 41.9 Å². The van der Waals surface area contributed by atoms with Crippen LogP contribution in [0.25, 0.3) is 0 Å². The third-order valence-corrected chi connectivity index (χ3v) is 3.79. The molecule has 1 fully saturated rings. The van der Waals surface area contributed by atoms with Gasteiger partial charge in [0, 0.05) is 31.5 Å². The number of anilines is 1. The van der Waals surface area contributed by atoms with Gasteiger partial charge in [0.1, 0.15) is 17.5 Å². The number of nitrogens with zero attached hydrogens (tertiary/aromatic N) is 5. The number of rotatable bonds is 2. The van der Waals surface area contributed by atoms with Crippen molar-refractivity contribution in [1.82, 2.24) is 14.8 Å². The quantitative estimate of drug-likeness (QED) is 0.834. The van der Waals surface area contributed by atoms with Crippen LogP contribution in [-0.4, -0.2) is 34.5 Å². The van der Waals surface area contributed by atoms with Gasteiger partial charge in [-0.15, -0.1) is 0 Å². The standard InChI is InChI=1S/C15H17N5O/c1-15(13-9-18-19(2)10-13)11-20(5-6-21-15)14-4-3-12(7-16)8-17-14/h3-4,8-10H,5-6,11H2,1-2H3/t15-/m0/s1. The lowest BCUT2D eigenvalue weighted by Gasteiger charge is -2.40. The van der Waals surface area contributed by atoms with Crippen LogP contribution >= 0.6 is 0 Å². The van der Waals surface area contributed by atoms with Crippen molar-refractivity contribution in [2.24, 2.45) is 7.05 Å². The molecular weight excluding hydrogens is 266 g/mol. The Morgan fingerprint density at radius 2 is 2.24 bits per heavy atom. The summed E-state index contributed by atoms with van der Waals surface area (Å²) in [5.74, 6) is 0.868. The summed E-state index contributed by atoms with van der Waals surface area (Å²) in [5, 5.41) is 13.1. The number of pyridine rings is 1. The van der Waals surface area contributed by atoms with E-state index in [2.05, 4.69) is 28.0 Å². The fraction of sp³-hybridized carbons (Fsp3) is 0.400. The molecule has 0 unspecified atom stereocenters. The predicted molar refractivity (Wildman–Crippen MR) is 77.7 cm³/mol. The van der Waals surface area contributed by atoms with E-state index in [9.17, 15) is 0 Å². The summed E-state index contributed by atoms with van der Waals surface area (Å²) >= 11 is 0. The van der Waals surface area contributed by atoms with Gasteiger partial charge in [-0.3, -0.25) is 4.68 Å². The highest BCUT2D eigenvalue weighted by Crippen LogP contribution is 2.30. The minimum absolute atomic E-state index is 0.401. The zero-order valence-electron chi connectivity index (χ0n) is 12.2. The van der Waals surface area contributed by atoms with Gasteiger partial charge >= 0.3 is 0 Å². The lowest BCUT2D eigenvalue weighted by atomic mass is 9.97. The Kier molecular flexibility index (Phi) is 3.35. The smallest absolute Gasteiger partial charge is 0.128 e. The molecule has 1 saturated heterocycles. The van der Waals surface area contributed by atoms with Gasteiger partial charge in [0.2, 0.25) is 0 Å². The molecule has 2 aromatic rings. The predicted octanol–water partition coefficient (Wildman–Crippen LogP) is 1.44. The summed E-state index contributed by atoms with van der Waals surface area (Å²) in [6, 6.07) is 5.76. The number of aromatic nitrogens is 3. The summed E-state index contributed by atoms with van der Waals surface area (Å²) in [4.78, 5) is 6.54. The summed E-state index contributed by atoms with van der Waals surface area (Å²) in [6.07, 6.45) is 5.43. The fourth-order valence-electron chi connectivity index (χ4n) is 2.57. The van der Waals surface area contributed by atoms with E-state index in [0.29, 0.717) is 18.7 Å². The minimum Gasteiger partial charge on any atom is -0.367 e. The van der Waals surface area contributed by atoms with Crippen LogP contribution in [0.2, 0.25) is 0 Å². The molecular formula is C15H17N5O. The number of aryl methyl sites for hydroxylation is 1. The third kappa shape index (κ3) is 2.60. The average Bonchev–Trinajstić information content (AvgIpc) is 2.95. The SMILES string of the molecule is Cn1cc([C@]2(C)CN(c3ccc(C#N)cn3)CCO2)cn1. The second-order valence-corrected chi connectivity index (χ2v) is 5.42. The van der Waals surface area contributed by atoms with Gasteiger partial charge in [-0.1, -0.05) is 0 Å². The molecule has 2 aromatic heterocycles. The fourth-order valence-corrected chi connectivity index (χ4v) is 2.57. The monoisotopic (exact) mass is 283 g/mol. The van der Waals surface area contributed by atoms with Crippen LogP contribution in [0.15, 0.2) is 30.7 Å². The average molecular weight is 283 g/mol. The molecule has 1 atom stereocenters. The lowest BCUT2D eigenvalue weighted by molar-refractivity contribution is -0.0468. The summed E-state index contributed by atoms with van der Waals surface area (Å²) in [7, 11) is 1.90. The van der Waals surface area contributed by atoms with Crippen LogP contribution in [0.5, 0.6) is 0 Å². The van der Waals surface area contributed by atoms with Crippen molar-refractivity contribution in [3.63, 3.8) is 0 Å². The highest BCUT2D eigenvalue weighted by atomic mass is 16.5. The highest BCUT2D eigenvalue weighted by Gasteiger charge is 2.35. The molecule has 0 saturated carbocycles. The van der Waals surface area contributed by atoms with Crippen molar-refractivity contribution in [2.45, 2.75) is 12.5 Å². The van der Waals surface area contributed by atoms with Crippen molar-refractivity contribution >= 4 is 5.82 Å². The maximum absolute atomic E-state index is 8.84. The Balaban J connectivity index is 1.83. The molecule has 1 aliphatic rings. The zero-order chi connectivity index (χ0) is 14.9. The number of nitriles is 1. The van der Waals surface area contributed by atoms with Gasteiger partial charge in [-0.2, -0.15) is 10.4 Å². The van der Waals surface area contributed by atoms with Crippen LogP contribution in [-0.2, 0) is 17.4 Å². The largest absolute Gasteiger partial charge is 0.367 e. The van der Waals surface area contributed by atoms with Gasteiger partial charge in [-0.25, -0.2) is 4.98 Å². The van der Waals surface area contributed by atoms with Crippen LogP contribution in [0.4, 0.5) is 5.82 Å². The Bertz CT molecular complexity index is 672. The summed E-state index contributed by atoms with van der Waals surface area (Å²) < 4.78 is 7.77. The van der Waals surface area contributed by atoms with Gasteiger partial charge in [-0.05, 0) is 19.1 Å². The van der Waals surface area contributed by atoms with Crippen LogP contribution in [0, 0.1) is 11.3 Å². The van der Waals surface area contributed by atoms with Crippen molar-refractivity contribution in [2.75, 3.05) is 24.6 Å². The molecule has 1 aliphatic heterocycles. The summed E-state index contributed by atoms with van der Waals surface area (Å²) in [6.45, 7) is 4.19. The normalized spacial score (nSPS) is 22.0. The van der Waals surface area contributed by atoms with Crippen molar-refractivity contribution in [3.8, 4) is 6.07 Å². The first-order valence-corrected chi connectivity index (χ1v) is 6.85. The van der Waals surface area contributed by atoms with E-state index in [1.54, 1.807) is 16.9 Å². The first-order chi connectivity index (χ1) is 10.1. The second-order valence-electron chi connectivity index (χ2n) is 5.42. The van der Waals surface area contributed by atoms with E-state index < -0.39 is 5.60 Å². The van der Waals surface area contributed by atoms with Gasteiger partial charge in [0.25, 0.3) is 0 Å². The third-order valence-electron chi connectivity index (χ3n) is 3.79. The van der Waals surface area contributed by atoms with E-state index in [4.69, 9.17) is 10.00 Å². The molecule has 0 bridgehead atoms. The number of ether oxygens (including phenoxy) is 1. The van der Waals surface area contributed by atoms with Gasteiger partial charge in [0.15, 0.2) is 0 Å². The molecule has 3 heterocycles. The Morgan fingerprint density at radius 1 is 1.38 bits per heavy atom. The van der Waals surface area contributed by atoms with Gasteiger partial charge < -0.3 is 9.64 Å². The second kappa shape index (κ2) is 5.19. The van der Waals surface area contributed by atoms with E-state index in [-0.39, 0.29) is 0 Å². The lowest BCUT2D eigenvalue weighted by Crippen LogP contribution is -2.48. The summed E-state index contributed by atoms with van der Waals surface area (Å²) in [5.41, 5.74) is 1.23. The van der Waals surface area contributed by atoms with E-state index in [0.717, 1.165) is 17.9 Å². The molecule has 6 heteroatoms. The van der Waals surface area contributed by atoms with Crippen LogP contribution < -0.4 is 4.90 Å². The first kappa shape index (κ1) is 13.6. The van der Waals surface area contributed by atoms with Gasteiger partial charge in [0.05, 0.1) is 24.9 Å². The molecule has 0 aliphatic carbocycles. The first-order valence-electron chi connectivity index (χ1n) is 6.85. The molecule has 3 rings (SSSR count). The van der Waals surface area contributed by atoms with Crippen molar-refractivity contribution < 1.29 is 4.74 Å². The van der Waals surface area contributed by atoms with E-state index in [1.807, 2.05) is 25.5 Å². The molecule has 0 amide bonds. The molecule has 108 valence electrons. The number of morpholine rings is 1. The Morgan fingerprint density at radius 3 is 2.86 bits per heavy atom. The number of hydrogen-bond donors (Lipinski definition) is 0. The Hall–Kier alpha value is -2.39. The minimum atomic E-state index is -0.401. The Labute approximate surface area is 123 Å². The molecule has 6 nitrogen and oxygen atoms in total. The zero-order valence-corrected chi connectivity index (χ0v) is 12.2. The van der Waals surface area contributed by atoms with Crippen LogP contribution in [0.1, 0.15) is 18.1 Å². The van der Waals surface area contributed by atoms with Crippen molar-refractivity contribution in [1.29, 1.82) is 5.26 Å². The number of hydrogen-bond acceptors (Lipinski definition) is 5. The molecule has 0 radical (unpaired) electrons. The molecule has 0 N–H and O–H groups in total. The molecule has 0 spiro atoms. The highest BCUT2D eigenvalue weighted by molar-refractivity contribution is 5.43. The van der Waals surface area contributed by atoms with E-state index >= 15 is 0 Å². The topological polar surface area (TPSA) is 67.0 Å². The molecule has 0 aromatic carbocycles. The van der Waals surface area contributed by atoms with E-state index in [1.165, 1.54) is 0 Å². The van der Waals surface area contributed by atoms with Crippen LogP contribution in [0.3, 0.4) is 0 Å². The maximum Gasteiger partial charge on any atom is 0.128 e. The maximum atomic E-state index is 8.84.